The van der Waals surface area contributed by atoms with Gasteiger partial charge < -0.3 is 15.0 Å². The van der Waals surface area contributed by atoms with Crippen molar-refractivity contribution in [2.75, 3.05) is 46.9 Å². The van der Waals surface area contributed by atoms with Gasteiger partial charge in [-0.1, -0.05) is 19.1 Å². The molecule has 1 aromatic carbocycles. The van der Waals surface area contributed by atoms with Crippen molar-refractivity contribution in [3.63, 3.8) is 0 Å². The lowest BCUT2D eigenvalue weighted by atomic mass is 9.77. The lowest BCUT2D eigenvalue weighted by molar-refractivity contribution is -0.134. The minimum Gasteiger partial charge on any atom is -0.492 e. The van der Waals surface area contributed by atoms with Crippen LogP contribution in [0.25, 0.3) is 0 Å². The van der Waals surface area contributed by atoms with Crippen molar-refractivity contribution in [3.8, 4) is 5.75 Å². The van der Waals surface area contributed by atoms with Crippen LogP contribution < -0.4 is 10.1 Å². The predicted octanol–water partition coefficient (Wildman–Crippen LogP) is 2.16. The molecule has 0 aliphatic carbocycles. The van der Waals surface area contributed by atoms with Crippen LogP contribution in [0.5, 0.6) is 5.75 Å². The molecule has 2 fully saturated rings. The molecule has 1 atom stereocenters. The number of benzene rings is 1. The van der Waals surface area contributed by atoms with E-state index in [1.807, 2.05) is 24.1 Å². The predicted molar refractivity (Wildman–Crippen MR) is 105 cm³/mol. The largest absolute Gasteiger partial charge is 0.492 e. The van der Waals surface area contributed by atoms with E-state index in [-0.39, 0.29) is 11.9 Å². The summed E-state index contributed by atoms with van der Waals surface area (Å²) in [6.07, 6.45) is 4.36. The van der Waals surface area contributed by atoms with Crippen LogP contribution in [0.3, 0.4) is 0 Å². The van der Waals surface area contributed by atoms with Crippen LogP contribution in [0.2, 0.25) is 0 Å². The van der Waals surface area contributed by atoms with Crippen LogP contribution in [-0.2, 0) is 11.2 Å². The van der Waals surface area contributed by atoms with Gasteiger partial charge in [-0.25, -0.2) is 0 Å². The first-order chi connectivity index (χ1) is 12.5. The number of hydrogen-bond donors (Lipinski definition) is 1. The number of likely N-dealkylation sites (N-methyl/N-ethyl adjacent to an activating group) is 2. The highest BCUT2D eigenvalue weighted by atomic mass is 16.5. The number of nitrogens with one attached hydrogen (secondary N) is 1. The summed E-state index contributed by atoms with van der Waals surface area (Å²) >= 11 is 0. The zero-order chi connectivity index (χ0) is 18.6. The van der Waals surface area contributed by atoms with Gasteiger partial charge in [0.2, 0.25) is 5.91 Å². The number of aryl methyl sites for hydroxylation is 1. The Morgan fingerprint density at radius 2 is 2.15 bits per heavy atom. The van der Waals surface area contributed by atoms with Gasteiger partial charge in [-0.3, -0.25) is 9.69 Å². The second kappa shape index (κ2) is 8.40. The number of carbonyl (C=O) groups excluding carboxylic acids is 1. The molecule has 0 saturated carbocycles. The average molecular weight is 360 g/mol. The summed E-state index contributed by atoms with van der Waals surface area (Å²) < 4.78 is 5.85. The number of piperidine rings is 1. The second-order valence-electron chi connectivity index (χ2n) is 7.99. The molecule has 2 aliphatic rings. The monoisotopic (exact) mass is 359 g/mol. The fourth-order valence-electron chi connectivity index (χ4n) is 4.39. The van der Waals surface area contributed by atoms with Gasteiger partial charge >= 0.3 is 0 Å². The van der Waals surface area contributed by atoms with E-state index in [1.165, 1.54) is 18.4 Å². The molecule has 26 heavy (non-hydrogen) atoms. The van der Waals surface area contributed by atoms with Crippen LogP contribution >= 0.6 is 0 Å². The highest BCUT2D eigenvalue weighted by Gasteiger charge is 2.46. The standard InChI is InChI=1S/C21H33N3O2/c1-4-17-6-5-7-18(14-17)26-13-12-23(2)20(25)19-15-21(16-24(19)3)8-10-22-11-9-21/h5-7,14,19,22H,4,8-13,15-16H2,1-3H3. The minimum absolute atomic E-state index is 0.0153. The normalized spacial score (nSPS) is 22.5. The van der Waals surface area contributed by atoms with Crippen LogP contribution in [0.1, 0.15) is 31.7 Å². The van der Waals surface area contributed by atoms with E-state index in [0.29, 0.717) is 18.6 Å². The Kier molecular flexibility index (Phi) is 6.20. The number of nitrogens with zero attached hydrogens (tertiary/aromatic N) is 2. The third-order valence-corrected chi connectivity index (χ3v) is 6.07. The van der Waals surface area contributed by atoms with Crippen molar-refractivity contribution >= 4 is 5.91 Å². The van der Waals surface area contributed by atoms with E-state index in [9.17, 15) is 4.79 Å². The lowest BCUT2D eigenvalue weighted by Gasteiger charge is -2.33. The third-order valence-electron chi connectivity index (χ3n) is 6.07. The number of carbonyl (C=O) groups is 1. The zero-order valence-electron chi connectivity index (χ0n) is 16.5. The topological polar surface area (TPSA) is 44.8 Å². The van der Waals surface area contributed by atoms with Gasteiger partial charge in [0, 0.05) is 13.6 Å². The van der Waals surface area contributed by atoms with Gasteiger partial charge in [-0.15, -0.1) is 0 Å². The molecule has 2 aliphatic heterocycles. The van der Waals surface area contributed by atoms with Crippen LogP contribution in [0, 0.1) is 5.41 Å². The third kappa shape index (κ3) is 4.38. The molecule has 3 rings (SSSR count). The molecule has 0 bridgehead atoms. The van der Waals surface area contributed by atoms with Gasteiger partial charge in [0.25, 0.3) is 0 Å². The molecule has 5 nitrogen and oxygen atoms in total. The summed E-state index contributed by atoms with van der Waals surface area (Å²) in [6, 6.07) is 8.20. The number of rotatable bonds is 6. The highest BCUT2D eigenvalue weighted by molar-refractivity contribution is 5.82. The van der Waals surface area contributed by atoms with Gasteiger partial charge in [-0.05, 0) is 68.9 Å². The van der Waals surface area contributed by atoms with E-state index < -0.39 is 0 Å². The highest BCUT2D eigenvalue weighted by Crippen LogP contribution is 2.41. The Morgan fingerprint density at radius 3 is 2.88 bits per heavy atom. The molecule has 0 radical (unpaired) electrons. The summed E-state index contributed by atoms with van der Waals surface area (Å²) in [7, 11) is 4.00. The van der Waals surface area contributed by atoms with E-state index in [0.717, 1.165) is 38.2 Å². The Bertz CT molecular complexity index is 613. The lowest BCUT2D eigenvalue weighted by Crippen LogP contribution is -2.43. The fraction of sp³-hybridized carbons (Fsp3) is 0.667. The number of ether oxygens (including phenoxy) is 1. The summed E-state index contributed by atoms with van der Waals surface area (Å²) in [6.45, 7) is 6.48. The van der Waals surface area contributed by atoms with E-state index >= 15 is 0 Å². The molecule has 2 saturated heterocycles. The molecule has 1 spiro atoms. The Morgan fingerprint density at radius 1 is 1.38 bits per heavy atom. The summed E-state index contributed by atoms with van der Waals surface area (Å²) in [4.78, 5) is 17.0. The van der Waals surface area contributed by atoms with Crippen molar-refractivity contribution in [1.82, 2.24) is 15.1 Å². The Labute approximate surface area is 157 Å². The zero-order valence-corrected chi connectivity index (χ0v) is 16.5. The van der Waals surface area contributed by atoms with E-state index in [4.69, 9.17) is 4.74 Å². The first-order valence-corrected chi connectivity index (χ1v) is 9.91. The molecule has 1 N–H and O–H groups in total. The van der Waals surface area contributed by atoms with E-state index in [1.54, 1.807) is 0 Å². The molecular formula is C21H33N3O2. The fourth-order valence-corrected chi connectivity index (χ4v) is 4.39. The maximum absolute atomic E-state index is 12.9. The van der Waals surface area contributed by atoms with Crippen molar-refractivity contribution in [2.45, 2.75) is 38.6 Å². The van der Waals surface area contributed by atoms with Crippen molar-refractivity contribution in [3.05, 3.63) is 29.8 Å². The summed E-state index contributed by atoms with van der Waals surface area (Å²) in [5.74, 6) is 1.12. The molecule has 1 unspecified atom stereocenters. The molecule has 1 amide bonds. The summed E-state index contributed by atoms with van der Waals surface area (Å²) in [5, 5.41) is 3.44. The number of likely N-dealkylation sites (tertiary alicyclic amines) is 1. The SMILES string of the molecule is CCc1cccc(OCCN(C)C(=O)C2CC3(CCNCC3)CN2C)c1. The Balaban J connectivity index is 1.49. The van der Waals surface area contributed by atoms with Crippen molar-refractivity contribution < 1.29 is 9.53 Å². The molecule has 5 heteroatoms. The van der Waals surface area contributed by atoms with Crippen molar-refractivity contribution in [2.24, 2.45) is 5.41 Å². The second-order valence-corrected chi connectivity index (χ2v) is 7.99. The quantitative estimate of drug-likeness (QED) is 0.845. The molecular weight excluding hydrogens is 326 g/mol. The summed E-state index contributed by atoms with van der Waals surface area (Å²) in [5.41, 5.74) is 1.60. The first kappa shape index (κ1) is 19.2. The van der Waals surface area contributed by atoms with Gasteiger partial charge in [0.1, 0.15) is 12.4 Å². The molecule has 0 aromatic heterocycles. The van der Waals surface area contributed by atoms with E-state index in [2.05, 4.69) is 36.3 Å². The number of hydrogen-bond acceptors (Lipinski definition) is 4. The smallest absolute Gasteiger partial charge is 0.239 e. The molecule has 2 heterocycles. The van der Waals surface area contributed by atoms with Crippen LogP contribution in [0.15, 0.2) is 24.3 Å². The van der Waals surface area contributed by atoms with Crippen molar-refractivity contribution in [1.29, 1.82) is 0 Å². The number of amides is 1. The average Bonchev–Trinajstić information content (AvgIpc) is 2.97. The van der Waals surface area contributed by atoms with Crippen LogP contribution in [0.4, 0.5) is 0 Å². The van der Waals surface area contributed by atoms with Gasteiger partial charge in [0.15, 0.2) is 0 Å². The minimum atomic E-state index is 0.0153. The van der Waals surface area contributed by atoms with Gasteiger partial charge in [-0.2, -0.15) is 0 Å². The first-order valence-electron chi connectivity index (χ1n) is 9.91. The van der Waals surface area contributed by atoms with Gasteiger partial charge in [0.05, 0.1) is 12.6 Å². The molecule has 1 aromatic rings. The maximum atomic E-state index is 12.9. The maximum Gasteiger partial charge on any atom is 0.239 e. The molecule has 144 valence electrons. The Hall–Kier alpha value is -1.59. The van der Waals surface area contributed by atoms with Crippen LogP contribution in [-0.4, -0.2) is 68.6 Å².